The molecule has 0 spiro atoms. The van der Waals surface area contributed by atoms with Crippen molar-refractivity contribution in [3.63, 3.8) is 0 Å². The first-order valence-electron chi connectivity index (χ1n) is 23.8. The Morgan fingerprint density at radius 1 is 0.581 bits per heavy atom. The molecule has 2 fully saturated rings. The van der Waals surface area contributed by atoms with Crippen LogP contribution in [0.1, 0.15) is 198 Å². The second kappa shape index (κ2) is 23.7. The van der Waals surface area contributed by atoms with Crippen LogP contribution in [0.25, 0.3) is 10.8 Å². The molecule has 7 nitrogen and oxygen atoms in total. The van der Waals surface area contributed by atoms with Gasteiger partial charge in [-0.1, -0.05) is 104 Å². The average Bonchev–Trinajstić information content (AvgIpc) is 3.93. The summed E-state index contributed by atoms with van der Waals surface area (Å²) in [5, 5.41) is 11.7. The van der Waals surface area contributed by atoms with Gasteiger partial charge in [-0.2, -0.15) is 0 Å². The summed E-state index contributed by atoms with van der Waals surface area (Å²) in [6.45, 7) is 32.8. The number of ether oxygens (including phenoxy) is 3. The maximum atomic E-state index is 12.1. The van der Waals surface area contributed by atoms with Gasteiger partial charge < -0.3 is 19.3 Å². The Bertz CT molecular complexity index is 1780. The number of fused-ring (bicyclic) bond motifs is 1. The van der Waals surface area contributed by atoms with Crippen LogP contribution in [0.5, 0.6) is 11.5 Å². The Morgan fingerprint density at radius 3 is 1.35 bits per heavy atom. The highest BCUT2D eigenvalue weighted by Gasteiger charge is 2.44. The van der Waals surface area contributed by atoms with E-state index in [-0.39, 0.29) is 39.9 Å². The van der Waals surface area contributed by atoms with Gasteiger partial charge in [0.25, 0.3) is 0 Å². The molecule has 0 bridgehead atoms. The topological polar surface area (TPSA) is 99.1 Å². The van der Waals surface area contributed by atoms with Gasteiger partial charge in [0.05, 0.1) is 16.2 Å². The van der Waals surface area contributed by atoms with E-state index in [1.54, 1.807) is 12.1 Å². The van der Waals surface area contributed by atoms with Crippen LogP contribution in [0.15, 0.2) is 60.7 Å². The zero-order valence-electron chi connectivity index (χ0n) is 41.9. The minimum absolute atomic E-state index is 0.0226. The highest BCUT2D eigenvalue weighted by Crippen LogP contribution is 2.42. The number of aromatic hydroxyl groups is 1. The predicted octanol–water partition coefficient (Wildman–Crippen LogP) is 15.3. The third-order valence-corrected chi connectivity index (χ3v) is 14.2. The monoisotopic (exact) mass is 859 g/mol. The van der Waals surface area contributed by atoms with Gasteiger partial charge in [0, 0.05) is 0 Å². The molecule has 1 unspecified atom stereocenters. The Morgan fingerprint density at radius 2 is 0.968 bits per heavy atom. The lowest BCUT2D eigenvalue weighted by molar-refractivity contribution is -0.176. The fraction of sp³-hybridized carbons (Fsp3) is 0.655. The van der Waals surface area contributed by atoms with Crippen LogP contribution < -0.4 is 4.74 Å². The molecule has 0 radical (unpaired) electrons. The van der Waals surface area contributed by atoms with Crippen molar-refractivity contribution in [3.05, 3.63) is 71.8 Å². The van der Waals surface area contributed by atoms with Crippen LogP contribution >= 0.6 is 0 Å². The van der Waals surface area contributed by atoms with E-state index in [0.717, 1.165) is 62.3 Å². The molecule has 0 aromatic heterocycles. The second-order valence-electron chi connectivity index (χ2n) is 20.6. The number of benzene rings is 3. The Balaban J connectivity index is 0.000000285. The van der Waals surface area contributed by atoms with Crippen LogP contribution in [0.2, 0.25) is 0 Å². The second-order valence-corrected chi connectivity index (χ2v) is 20.6. The van der Waals surface area contributed by atoms with E-state index >= 15 is 0 Å². The van der Waals surface area contributed by atoms with Crippen LogP contribution in [-0.2, 0) is 23.9 Å². The van der Waals surface area contributed by atoms with E-state index < -0.39 is 5.41 Å². The van der Waals surface area contributed by atoms with Crippen molar-refractivity contribution in [2.24, 2.45) is 28.1 Å². The quantitative estimate of drug-likeness (QED) is 0.135. The number of carbonyl (C=O) groups excluding carboxylic acids is 3. The molecule has 1 atom stereocenters. The summed E-state index contributed by atoms with van der Waals surface area (Å²) in [5.74, 6) is 2.18. The molecule has 5 rings (SSSR count). The van der Waals surface area contributed by atoms with Gasteiger partial charge in [-0.25, -0.2) is 0 Å². The zero-order chi connectivity index (χ0) is 47.1. The lowest BCUT2D eigenvalue weighted by atomic mass is 9.86. The van der Waals surface area contributed by atoms with Crippen molar-refractivity contribution in [2.75, 3.05) is 0 Å². The third kappa shape index (κ3) is 15.4. The molecule has 0 amide bonds. The third-order valence-electron chi connectivity index (χ3n) is 14.2. The summed E-state index contributed by atoms with van der Waals surface area (Å²) in [6.07, 6.45) is 12.5. The summed E-state index contributed by atoms with van der Waals surface area (Å²) < 4.78 is 17.0. The standard InChI is InChI=1S/2C14H26O2.C14H16O.C13H18O2/c2*1-6-13(4,5)12(15)16-14(11(2)3)9-7-8-10-14;1-3-10(2)11-4-5-13-9-14(15)7-6-12(13)8-11;1-5-13(3,4)12(14)15-11-8-6-10(2)7-9-11/h2*11H,6-10H2,1-5H3;4-10,15H,3H2,1-2H3;6-9H,5H2,1-4H3. The van der Waals surface area contributed by atoms with E-state index in [1.807, 2.05) is 99.6 Å². The van der Waals surface area contributed by atoms with Crippen LogP contribution in [-0.4, -0.2) is 34.2 Å². The Kier molecular flexibility index (Phi) is 20.8. The lowest BCUT2D eigenvalue weighted by Crippen LogP contribution is -2.41. The smallest absolute Gasteiger partial charge is 0.316 e. The highest BCUT2D eigenvalue weighted by molar-refractivity contribution is 5.84. The summed E-state index contributed by atoms with van der Waals surface area (Å²) in [6, 6.07) is 19.4. The predicted molar refractivity (Wildman–Crippen MR) is 258 cm³/mol. The molecule has 2 aliphatic carbocycles. The van der Waals surface area contributed by atoms with Crippen LogP contribution in [0.4, 0.5) is 0 Å². The fourth-order valence-electron chi connectivity index (χ4n) is 7.27. The first-order chi connectivity index (χ1) is 28.8. The van der Waals surface area contributed by atoms with E-state index in [4.69, 9.17) is 14.2 Å². The Labute approximate surface area is 377 Å². The summed E-state index contributed by atoms with van der Waals surface area (Å²) >= 11 is 0. The lowest BCUT2D eigenvalue weighted by Gasteiger charge is -2.36. The van der Waals surface area contributed by atoms with E-state index in [9.17, 15) is 19.5 Å². The van der Waals surface area contributed by atoms with E-state index in [2.05, 4.69) is 59.7 Å². The van der Waals surface area contributed by atoms with Crippen molar-refractivity contribution < 1.29 is 33.7 Å². The maximum absolute atomic E-state index is 12.1. The number of phenols is 1. The molecular weight excluding hydrogens is 773 g/mol. The largest absolute Gasteiger partial charge is 0.508 e. The number of rotatable bonds is 13. The number of hydrogen-bond acceptors (Lipinski definition) is 7. The molecule has 7 heteroatoms. The maximum Gasteiger partial charge on any atom is 0.316 e. The van der Waals surface area contributed by atoms with Crippen molar-refractivity contribution in [3.8, 4) is 11.5 Å². The van der Waals surface area contributed by atoms with Gasteiger partial charge in [-0.3, -0.25) is 14.4 Å². The Hall–Kier alpha value is -3.87. The molecule has 3 aromatic rings. The molecule has 2 saturated carbocycles. The first-order valence-corrected chi connectivity index (χ1v) is 23.8. The SMILES string of the molecule is CCC(C)(C)C(=O)OC1(C(C)C)CCCC1.CCC(C)(C)C(=O)OC1(C(C)C)CCCC1.CCC(C)(C)C(=O)Oc1ccc(C)cc1.CCC(C)c1ccc2cc(O)ccc2c1. The molecule has 0 heterocycles. The van der Waals surface area contributed by atoms with Crippen molar-refractivity contribution in [1.82, 2.24) is 0 Å². The molecule has 62 heavy (non-hydrogen) atoms. The molecule has 3 aromatic carbocycles. The van der Waals surface area contributed by atoms with E-state index in [0.29, 0.717) is 29.3 Å². The fourth-order valence-corrected chi connectivity index (χ4v) is 7.27. The first kappa shape index (κ1) is 54.3. The minimum Gasteiger partial charge on any atom is -0.508 e. The van der Waals surface area contributed by atoms with Crippen LogP contribution in [0, 0.1) is 35.0 Å². The van der Waals surface area contributed by atoms with Crippen molar-refractivity contribution in [1.29, 1.82) is 0 Å². The summed E-state index contributed by atoms with van der Waals surface area (Å²) in [5.41, 5.74) is 1.08. The van der Waals surface area contributed by atoms with Crippen molar-refractivity contribution in [2.45, 2.75) is 205 Å². The van der Waals surface area contributed by atoms with Gasteiger partial charge >= 0.3 is 17.9 Å². The van der Waals surface area contributed by atoms with Gasteiger partial charge in [-0.15, -0.1) is 0 Å². The number of esters is 3. The normalized spacial score (nSPS) is 16.2. The molecule has 348 valence electrons. The van der Waals surface area contributed by atoms with Crippen LogP contribution in [0.3, 0.4) is 0 Å². The molecule has 2 aliphatic rings. The van der Waals surface area contributed by atoms with Gasteiger partial charge in [-0.05, 0) is 184 Å². The van der Waals surface area contributed by atoms with Gasteiger partial charge in [0.2, 0.25) is 0 Å². The molecular formula is C55H86O7. The molecule has 0 saturated heterocycles. The molecule has 1 N–H and O–H groups in total. The summed E-state index contributed by atoms with van der Waals surface area (Å²) in [7, 11) is 0. The number of carbonyl (C=O) groups is 3. The van der Waals surface area contributed by atoms with Gasteiger partial charge in [0.1, 0.15) is 22.7 Å². The minimum atomic E-state index is -0.412. The molecule has 0 aliphatic heterocycles. The average molecular weight is 859 g/mol. The summed E-state index contributed by atoms with van der Waals surface area (Å²) in [4.78, 5) is 36.0. The number of phenolic OH excluding ortho intramolecular Hbond substituents is 1. The van der Waals surface area contributed by atoms with Gasteiger partial charge in [0.15, 0.2) is 0 Å². The van der Waals surface area contributed by atoms with E-state index in [1.165, 1.54) is 36.6 Å². The zero-order valence-corrected chi connectivity index (χ0v) is 41.9. The van der Waals surface area contributed by atoms with Crippen molar-refractivity contribution >= 4 is 28.7 Å². The number of hydrogen-bond donors (Lipinski definition) is 1. The highest BCUT2D eigenvalue weighted by atomic mass is 16.6. The number of aryl methyl sites for hydroxylation is 1.